The smallest absolute Gasteiger partial charge is 0.145 e. The SMILES string of the molecule is C1=NCCN1Nc1ccc2ccccc2n1. The predicted molar refractivity (Wildman–Crippen MR) is 65.4 cm³/mol. The molecule has 80 valence electrons. The van der Waals surface area contributed by atoms with Crippen LogP contribution in [0.4, 0.5) is 5.82 Å². The van der Waals surface area contributed by atoms with Gasteiger partial charge in [0.1, 0.15) is 12.2 Å². The number of hydrogen-bond acceptors (Lipinski definition) is 4. The van der Waals surface area contributed by atoms with Crippen molar-refractivity contribution in [3.63, 3.8) is 0 Å². The van der Waals surface area contributed by atoms with Gasteiger partial charge in [-0.1, -0.05) is 18.2 Å². The molecule has 1 N–H and O–H groups in total. The van der Waals surface area contributed by atoms with Gasteiger partial charge >= 0.3 is 0 Å². The fourth-order valence-corrected chi connectivity index (χ4v) is 1.74. The van der Waals surface area contributed by atoms with Crippen LogP contribution in [-0.4, -0.2) is 29.4 Å². The van der Waals surface area contributed by atoms with Gasteiger partial charge in [-0.05, 0) is 18.2 Å². The summed E-state index contributed by atoms with van der Waals surface area (Å²) >= 11 is 0. The lowest BCUT2D eigenvalue weighted by Gasteiger charge is -2.15. The topological polar surface area (TPSA) is 40.5 Å². The number of benzene rings is 1. The molecule has 0 atom stereocenters. The number of nitrogens with zero attached hydrogens (tertiary/aromatic N) is 3. The monoisotopic (exact) mass is 212 g/mol. The number of hydrogen-bond donors (Lipinski definition) is 1. The van der Waals surface area contributed by atoms with Gasteiger partial charge in [0.25, 0.3) is 0 Å². The summed E-state index contributed by atoms with van der Waals surface area (Å²) in [6, 6.07) is 12.1. The van der Waals surface area contributed by atoms with Crippen LogP contribution in [0.3, 0.4) is 0 Å². The van der Waals surface area contributed by atoms with Crippen molar-refractivity contribution in [1.29, 1.82) is 0 Å². The number of rotatable bonds is 2. The van der Waals surface area contributed by atoms with E-state index in [9.17, 15) is 0 Å². The van der Waals surface area contributed by atoms with Crippen molar-refractivity contribution >= 4 is 23.1 Å². The van der Waals surface area contributed by atoms with Gasteiger partial charge in [0.15, 0.2) is 0 Å². The van der Waals surface area contributed by atoms with Crippen LogP contribution in [-0.2, 0) is 0 Å². The second kappa shape index (κ2) is 3.81. The molecular weight excluding hydrogens is 200 g/mol. The second-order valence-electron chi connectivity index (χ2n) is 3.72. The molecule has 4 heteroatoms. The van der Waals surface area contributed by atoms with Crippen LogP contribution in [0.5, 0.6) is 0 Å². The van der Waals surface area contributed by atoms with Crippen LogP contribution in [0.25, 0.3) is 10.9 Å². The fraction of sp³-hybridized carbons (Fsp3) is 0.167. The first-order chi connectivity index (χ1) is 7.92. The molecule has 0 saturated carbocycles. The van der Waals surface area contributed by atoms with Gasteiger partial charge in [0, 0.05) is 5.39 Å². The molecule has 0 saturated heterocycles. The molecule has 2 heterocycles. The summed E-state index contributed by atoms with van der Waals surface area (Å²) in [6.45, 7) is 1.75. The minimum Gasteiger partial charge on any atom is -0.281 e. The van der Waals surface area contributed by atoms with E-state index in [1.807, 2.05) is 29.3 Å². The molecule has 2 aromatic rings. The average molecular weight is 212 g/mol. The number of para-hydroxylation sites is 1. The quantitative estimate of drug-likeness (QED) is 0.826. The molecule has 0 bridgehead atoms. The molecule has 0 aliphatic carbocycles. The Morgan fingerprint density at radius 1 is 1.12 bits per heavy atom. The third-order valence-electron chi connectivity index (χ3n) is 2.55. The molecule has 1 aromatic carbocycles. The normalized spacial score (nSPS) is 14.6. The van der Waals surface area contributed by atoms with E-state index in [2.05, 4.69) is 27.5 Å². The number of pyridine rings is 1. The summed E-state index contributed by atoms with van der Waals surface area (Å²) in [7, 11) is 0. The highest BCUT2D eigenvalue weighted by Crippen LogP contribution is 2.14. The molecule has 0 unspecified atom stereocenters. The standard InChI is InChI=1S/C12H12N4/c1-2-4-11-10(3-1)5-6-12(14-11)15-16-8-7-13-9-16/h1-6,9H,7-8H2,(H,14,15). The van der Waals surface area contributed by atoms with Crippen molar-refractivity contribution in [1.82, 2.24) is 9.99 Å². The Hall–Kier alpha value is -2.10. The summed E-state index contributed by atoms with van der Waals surface area (Å²) in [6.07, 6.45) is 1.80. The van der Waals surface area contributed by atoms with E-state index >= 15 is 0 Å². The number of aliphatic imine (C=N–C) groups is 1. The first kappa shape index (κ1) is 9.15. The summed E-state index contributed by atoms with van der Waals surface area (Å²) in [5.41, 5.74) is 4.21. The number of hydrazine groups is 1. The van der Waals surface area contributed by atoms with Crippen LogP contribution in [0.15, 0.2) is 41.4 Å². The Balaban J connectivity index is 1.89. The summed E-state index contributed by atoms with van der Waals surface area (Å²) < 4.78 is 0. The molecule has 0 radical (unpaired) electrons. The molecule has 1 aliphatic heterocycles. The van der Waals surface area contributed by atoms with Crippen LogP contribution in [0.2, 0.25) is 0 Å². The minimum atomic E-state index is 0.848. The van der Waals surface area contributed by atoms with Crippen molar-refractivity contribution in [2.24, 2.45) is 4.99 Å². The van der Waals surface area contributed by atoms with E-state index in [1.54, 1.807) is 6.34 Å². The highest BCUT2D eigenvalue weighted by Gasteiger charge is 2.05. The predicted octanol–water partition coefficient (Wildman–Crippen LogP) is 1.91. The van der Waals surface area contributed by atoms with Gasteiger partial charge in [0.05, 0.1) is 18.6 Å². The Bertz CT molecular complexity index is 535. The molecule has 1 aliphatic rings. The Kier molecular flexibility index (Phi) is 2.18. The first-order valence-corrected chi connectivity index (χ1v) is 5.31. The van der Waals surface area contributed by atoms with Crippen molar-refractivity contribution in [3.8, 4) is 0 Å². The lowest BCUT2D eigenvalue weighted by atomic mass is 10.2. The zero-order valence-electron chi connectivity index (χ0n) is 8.80. The minimum absolute atomic E-state index is 0.848. The van der Waals surface area contributed by atoms with Crippen molar-refractivity contribution < 1.29 is 0 Å². The summed E-state index contributed by atoms with van der Waals surface area (Å²) in [5, 5.41) is 3.10. The zero-order valence-corrected chi connectivity index (χ0v) is 8.80. The molecule has 0 spiro atoms. The van der Waals surface area contributed by atoms with Crippen molar-refractivity contribution in [3.05, 3.63) is 36.4 Å². The van der Waals surface area contributed by atoms with Gasteiger partial charge in [-0.3, -0.25) is 15.4 Å². The van der Waals surface area contributed by atoms with Crippen LogP contribution in [0, 0.1) is 0 Å². The molecule has 1 aromatic heterocycles. The van der Waals surface area contributed by atoms with Gasteiger partial charge in [-0.2, -0.15) is 0 Å². The van der Waals surface area contributed by atoms with Gasteiger partial charge in [-0.15, -0.1) is 0 Å². The lowest BCUT2D eigenvalue weighted by molar-refractivity contribution is 0.554. The van der Waals surface area contributed by atoms with Crippen LogP contribution >= 0.6 is 0 Å². The van der Waals surface area contributed by atoms with E-state index in [0.29, 0.717) is 0 Å². The summed E-state index contributed by atoms with van der Waals surface area (Å²) in [5.74, 6) is 0.854. The van der Waals surface area contributed by atoms with Crippen molar-refractivity contribution in [2.45, 2.75) is 0 Å². The average Bonchev–Trinajstić information content (AvgIpc) is 2.82. The van der Waals surface area contributed by atoms with Gasteiger partial charge in [0.2, 0.25) is 0 Å². The Morgan fingerprint density at radius 2 is 2.06 bits per heavy atom. The van der Waals surface area contributed by atoms with E-state index in [4.69, 9.17) is 0 Å². The van der Waals surface area contributed by atoms with Crippen molar-refractivity contribution in [2.75, 3.05) is 18.5 Å². The van der Waals surface area contributed by atoms with Gasteiger partial charge < -0.3 is 0 Å². The molecule has 16 heavy (non-hydrogen) atoms. The number of fused-ring (bicyclic) bond motifs is 1. The van der Waals surface area contributed by atoms with Gasteiger partial charge in [-0.25, -0.2) is 4.98 Å². The maximum atomic E-state index is 4.52. The third-order valence-corrected chi connectivity index (χ3v) is 2.55. The second-order valence-corrected chi connectivity index (χ2v) is 3.72. The number of nitrogens with one attached hydrogen (secondary N) is 1. The highest BCUT2D eigenvalue weighted by atomic mass is 15.5. The molecule has 0 fully saturated rings. The number of anilines is 1. The highest BCUT2D eigenvalue weighted by molar-refractivity contribution is 5.80. The maximum Gasteiger partial charge on any atom is 0.145 e. The first-order valence-electron chi connectivity index (χ1n) is 5.31. The largest absolute Gasteiger partial charge is 0.281 e. The van der Waals surface area contributed by atoms with E-state index in [-0.39, 0.29) is 0 Å². The number of aromatic nitrogens is 1. The Morgan fingerprint density at radius 3 is 2.94 bits per heavy atom. The molecule has 0 amide bonds. The van der Waals surface area contributed by atoms with E-state index in [0.717, 1.165) is 29.8 Å². The maximum absolute atomic E-state index is 4.52. The molecule has 4 nitrogen and oxygen atoms in total. The Labute approximate surface area is 93.6 Å². The lowest BCUT2D eigenvalue weighted by Crippen LogP contribution is -2.26. The van der Waals surface area contributed by atoms with E-state index < -0.39 is 0 Å². The molecule has 3 rings (SSSR count). The zero-order chi connectivity index (χ0) is 10.8. The fourth-order valence-electron chi connectivity index (χ4n) is 1.74. The van der Waals surface area contributed by atoms with Crippen LogP contribution < -0.4 is 5.43 Å². The molecular formula is C12H12N4. The third kappa shape index (κ3) is 1.69. The van der Waals surface area contributed by atoms with Crippen LogP contribution in [0.1, 0.15) is 0 Å². The summed E-state index contributed by atoms with van der Waals surface area (Å²) in [4.78, 5) is 8.66. The van der Waals surface area contributed by atoms with E-state index in [1.165, 1.54) is 0 Å².